The van der Waals surface area contributed by atoms with E-state index in [-0.39, 0.29) is 24.2 Å². The third kappa shape index (κ3) is 7.88. The smallest absolute Gasteiger partial charge is 0.0558 e. The molecule has 19 heavy (non-hydrogen) atoms. The molecule has 0 aromatic heterocycles. The topological polar surface area (TPSA) is 55.7 Å². The van der Waals surface area contributed by atoms with Gasteiger partial charge in [0, 0.05) is 31.7 Å². The molecule has 0 saturated heterocycles. The fourth-order valence-corrected chi connectivity index (χ4v) is 2.26. The number of aliphatic hydroxyl groups is 2. The minimum Gasteiger partial charge on any atom is -0.395 e. The molecule has 0 bridgehead atoms. The lowest BCUT2D eigenvalue weighted by molar-refractivity contribution is 0.0920. The molecule has 0 spiro atoms. The summed E-state index contributed by atoms with van der Waals surface area (Å²) in [5.41, 5.74) is 0.325. The van der Waals surface area contributed by atoms with E-state index in [1.165, 1.54) is 0 Å². The van der Waals surface area contributed by atoms with Crippen molar-refractivity contribution in [3.05, 3.63) is 0 Å². The Morgan fingerprint density at radius 3 is 1.74 bits per heavy atom. The van der Waals surface area contributed by atoms with Gasteiger partial charge in [0.1, 0.15) is 0 Å². The molecule has 4 nitrogen and oxygen atoms in total. The number of nitrogens with zero attached hydrogens (tertiary/aromatic N) is 1. The Morgan fingerprint density at radius 2 is 1.42 bits per heavy atom. The van der Waals surface area contributed by atoms with Crippen LogP contribution in [0.15, 0.2) is 0 Å². The molecule has 0 fully saturated rings. The van der Waals surface area contributed by atoms with E-state index in [1.807, 2.05) is 0 Å². The molecule has 0 saturated carbocycles. The molecule has 0 atom stereocenters. The molecule has 116 valence electrons. The SMILES string of the molecule is CCC(CC)(CNC(C)(C)C)CN(CCO)CCO. The summed E-state index contributed by atoms with van der Waals surface area (Å²) in [5.74, 6) is 0. The van der Waals surface area contributed by atoms with Gasteiger partial charge >= 0.3 is 0 Å². The Kier molecular flexibility index (Phi) is 8.83. The van der Waals surface area contributed by atoms with Crippen molar-refractivity contribution in [3.8, 4) is 0 Å². The Morgan fingerprint density at radius 1 is 0.947 bits per heavy atom. The van der Waals surface area contributed by atoms with Crippen LogP contribution in [0.2, 0.25) is 0 Å². The van der Waals surface area contributed by atoms with Gasteiger partial charge < -0.3 is 15.5 Å². The van der Waals surface area contributed by atoms with Crippen LogP contribution in [0.25, 0.3) is 0 Å². The molecule has 0 aromatic carbocycles. The van der Waals surface area contributed by atoms with Crippen LogP contribution in [0.5, 0.6) is 0 Å². The highest BCUT2D eigenvalue weighted by molar-refractivity contribution is 4.86. The largest absolute Gasteiger partial charge is 0.395 e. The highest BCUT2D eigenvalue weighted by atomic mass is 16.3. The first-order chi connectivity index (χ1) is 8.82. The van der Waals surface area contributed by atoms with E-state index in [0.717, 1.165) is 25.9 Å². The number of aliphatic hydroxyl groups excluding tert-OH is 2. The maximum absolute atomic E-state index is 9.13. The van der Waals surface area contributed by atoms with Crippen LogP contribution in [-0.2, 0) is 0 Å². The third-order valence-electron chi connectivity index (χ3n) is 3.89. The number of rotatable bonds is 10. The average molecular weight is 274 g/mol. The summed E-state index contributed by atoms with van der Waals surface area (Å²) in [7, 11) is 0. The zero-order valence-corrected chi connectivity index (χ0v) is 13.5. The Hall–Kier alpha value is -0.160. The fourth-order valence-electron chi connectivity index (χ4n) is 2.26. The van der Waals surface area contributed by atoms with Crippen LogP contribution in [0.4, 0.5) is 0 Å². The molecule has 0 unspecified atom stereocenters. The van der Waals surface area contributed by atoms with Crippen molar-refractivity contribution in [1.29, 1.82) is 0 Å². The molecule has 0 rings (SSSR count). The van der Waals surface area contributed by atoms with Gasteiger partial charge in [-0.25, -0.2) is 0 Å². The summed E-state index contributed by atoms with van der Waals surface area (Å²) in [5, 5.41) is 21.9. The summed E-state index contributed by atoms with van der Waals surface area (Å²) >= 11 is 0. The summed E-state index contributed by atoms with van der Waals surface area (Å²) in [6.07, 6.45) is 2.19. The van der Waals surface area contributed by atoms with Crippen molar-refractivity contribution in [1.82, 2.24) is 10.2 Å². The second-order valence-electron chi connectivity index (χ2n) is 6.53. The third-order valence-corrected chi connectivity index (χ3v) is 3.89. The van der Waals surface area contributed by atoms with Crippen LogP contribution in [0, 0.1) is 5.41 Å². The van der Waals surface area contributed by atoms with Gasteiger partial charge in [0.05, 0.1) is 13.2 Å². The minimum atomic E-state index is 0.119. The Labute approximate surface area is 119 Å². The quantitative estimate of drug-likeness (QED) is 0.565. The first kappa shape index (κ1) is 18.8. The number of nitrogens with one attached hydrogen (secondary N) is 1. The van der Waals surface area contributed by atoms with Crippen LogP contribution in [0.1, 0.15) is 47.5 Å². The zero-order chi connectivity index (χ0) is 14.9. The molecule has 4 heteroatoms. The summed E-state index contributed by atoms with van der Waals surface area (Å²) < 4.78 is 0. The normalized spacial score (nSPS) is 13.3. The Bertz CT molecular complexity index is 217. The molecule has 3 N–H and O–H groups in total. The molecule has 0 aliphatic heterocycles. The average Bonchev–Trinajstić information content (AvgIpc) is 2.34. The van der Waals surface area contributed by atoms with Gasteiger partial charge in [0.25, 0.3) is 0 Å². The van der Waals surface area contributed by atoms with E-state index in [2.05, 4.69) is 44.8 Å². The van der Waals surface area contributed by atoms with Gasteiger partial charge in [-0.2, -0.15) is 0 Å². The van der Waals surface area contributed by atoms with Gasteiger partial charge in [-0.3, -0.25) is 4.90 Å². The van der Waals surface area contributed by atoms with E-state index >= 15 is 0 Å². The lowest BCUT2D eigenvalue weighted by atomic mass is 9.81. The van der Waals surface area contributed by atoms with E-state index in [9.17, 15) is 0 Å². The molecule has 0 aromatic rings. The fraction of sp³-hybridized carbons (Fsp3) is 1.00. The highest BCUT2D eigenvalue weighted by Gasteiger charge is 2.29. The summed E-state index contributed by atoms with van der Waals surface area (Å²) in [4.78, 5) is 2.16. The maximum atomic E-state index is 9.13. The molecule has 0 aliphatic carbocycles. The molecular weight excluding hydrogens is 240 g/mol. The zero-order valence-electron chi connectivity index (χ0n) is 13.5. The van der Waals surface area contributed by atoms with E-state index < -0.39 is 0 Å². The standard InChI is InChI=1S/C15H34N2O2/c1-6-15(7-2,12-16-14(3,4)5)13-17(8-10-18)9-11-19/h16,18-19H,6-13H2,1-5H3. The van der Waals surface area contributed by atoms with Gasteiger partial charge in [-0.1, -0.05) is 13.8 Å². The number of hydrogen-bond donors (Lipinski definition) is 3. The first-order valence-corrected chi connectivity index (χ1v) is 7.51. The molecule has 0 heterocycles. The molecule has 0 aliphatic rings. The van der Waals surface area contributed by atoms with Crippen molar-refractivity contribution in [2.75, 3.05) is 39.4 Å². The van der Waals surface area contributed by atoms with Gasteiger partial charge in [-0.15, -0.1) is 0 Å². The Balaban J connectivity index is 4.65. The summed E-state index contributed by atoms with van der Waals surface area (Å²) in [6.45, 7) is 14.5. The van der Waals surface area contributed by atoms with Crippen LogP contribution < -0.4 is 5.32 Å². The second-order valence-corrected chi connectivity index (χ2v) is 6.53. The lowest BCUT2D eigenvalue weighted by Crippen LogP contribution is -2.49. The second kappa shape index (κ2) is 8.90. The predicted octanol–water partition coefficient (Wildman–Crippen LogP) is 1.47. The molecular formula is C15H34N2O2. The number of hydrogen-bond acceptors (Lipinski definition) is 4. The van der Waals surface area contributed by atoms with Crippen LogP contribution in [0.3, 0.4) is 0 Å². The van der Waals surface area contributed by atoms with Gasteiger partial charge in [-0.05, 0) is 39.0 Å². The van der Waals surface area contributed by atoms with E-state index in [1.54, 1.807) is 0 Å². The summed E-state index contributed by atoms with van der Waals surface area (Å²) in [6, 6.07) is 0. The van der Waals surface area contributed by atoms with Crippen LogP contribution >= 0.6 is 0 Å². The monoisotopic (exact) mass is 274 g/mol. The lowest BCUT2D eigenvalue weighted by Gasteiger charge is -2.39. The first-order valence-electron chi connectivity index (χ1n) is 7.51. The van der Waals surface area contributed by atoms with Crippen LogP contribution in [-0.4, -0.2) is 60.0 Å². The van der Waals surface area contributed by atoms with E-state index in [4.69, 9.17) is 10.2 Å². The van der Waals surface area contributed by atoms with Gasteiger partial charge in [0.2, 0.25) is 0 Å². The van der Waals surface area contributed by atoms with Crippen molar-refractivity contribution in [2.45, 2.75) is 53.0 Å². The van der Waals surface area contributed by atoms with Gasteiger partial charge in [0.15, 0.2) is 0 Å². The van der Waals surface area contributed by atoms with Crippen molar-refractivity contribution in [3.63, 3.8) is 0 Å². The van der Waals surface area contributed by atoms with E-state index in [0.29, 0.717) is 13.1 Å². The van der Waals surface area contributed by atoms with Crippen molar-refractivity contribution < 1.29 is 10.2 Å². The minimum absolute atomic E-state index is 0.119. The molecule has 0 radical (unpaired) electrons. The molecule has 0 amide bonds. The highest BCUT2D eigenvalue weighted by Crippen LogP contribution is 2.27. The maximum Gasteiger partial charge on any atom is 0.0558 e. The van der Waals surface area contributed by atoms with Crippen molar-refractivity contribution in [2.24, 2.45) is 5.41 Å². The predicted molar refractivity (Wildman–Crippen MR) is 81.4 cm³/mol. The van der Waals surface area contributed by atoms with Crippen molar-refractivity contribution >= 4 is 0 Å².